The molecule has 0 spiro atoms. The minimum absolute atomic E-state index is 0.255. The highest BCUT2D eigenvalue weighted by Gasteiger charge is 2.17. The SMILES string of the molecule is Cc1c(C(=O)NCc2cccc(COCc3ccco3)c2)oc2ccc(Cl)cc12. The summed E-state index contributed by atoms with van der Waals surface area (Å²) in [6, 6.07) is 16.9. The summed E-state index contributed by atoms with van der Waals surface area (Å²) in [7, 11) is 0. The fourth-order valence-electron chi connectivity index (χ4n) is 3.17. The average Bonchev–Trinajstić information content (AvgIpc) is 3.35. The van der Waals surface area contributed by atoms with E-state index in [-0.39, 0.29) is 5.91 Å². The summed E-state index contributed by atoms with van der Waals surface area (Å²) in [5.74, 6) is 0.838. The molecule has 6 heteroatoms. The number of rotatable bonds is 7. The summed E-state index contributed by atoms with van der Waals surface area (Å²) in [5.41, 5.74) is 3.43. The molecule has 0 saturated heterocycles. The van der Waals surface area contributed by atoms with Crippen LogP contribution in [0.1, 0.15) is 33.0 Å². The van der Waals surface area contributed by atoms with Crippen molar-refractivity contribution in [1.82, 2.24) is 5.32 Å². The summed E-state index contributed by atoms with van der Waals surface area (Å²) in [5, 5.41) is 4.37. The lowest BCUT2D eigenvalue weighted by Crippen LogP contribution is -2.23. The third-order valence-electron chi connectivity index (χ3n) is 4.64. The monoisotopic (exact) mass is 409 g/mol. The first-order valence-corrected chi connectivity index (χ1v) is 9.63. The van der Waals surface area contributed by atoms with Crippen molar-refractivity contribution in [3.63, 3.8) is 0 Å². The fourth-order valence-corrected chi connectivity index (χ4v) is 3.34. The van der Waals surface area contributed by atoms with E-state index in [1.165, 1.54) is 0 Å². The van der Waals surface area contributed by atoms with Gasteiger partial charge in [0.15, 0.2) is 5.76 Å². The van der Waals surface area contributed by atoms with Crippen LogP contribution in [-0.2, 0) is 24.5 Å². The van der Waals surface area contributed by atoms with Crippen molar-refractivity contribution in [2.24, 2.45) is 0 Å². The molecule has 0 aliphatic rings. The molecule has 1 N–H and O–H groups in total. The number of carbonyl (C=O) groups is 1. The van der Waals surface area contributed by atoms with Crippen LogP contribution in [0.3, 0.4) is 0 Å². The minimum atomic E-state index is -0.255. The van der Waals surface area contributed by atoms with Crippen molar-refractivity contribution in [3.8, 4) is 0 Å². The number of aryl methyl sites for hydroxylation is 1. The van der Waals surface area contributed by atoms with Crippen LogP contribution in [0, 0.1) is 6.92 Å². The second kappa shape index (κ2) is 8.55. The van der Waals surface area contributed by atoms with Crippen LogP contribution in [0.15, 0.2) is 69.7 Å². The molecule has 0 fully saturated rings. The van der Waals surface area contributed by atoms with E-state index in [0.717, 1.165) is 27.8 Å². The van der Waals surface area contributed by atoms with Crippen LogP contribution in [0.5, 0.6) is 0 Å². The zero-order valence-corrected chi connectivity index (χ0v) is 16.7. The lowest BCUT2D eigenvalue weighted by Gasteiger charge is -2.07. The van der Waals surface area contributed by atoms with Crippen molar-refractivity contribution in [1.29, 1.82) is 0 Å². The Kier molecular flexibility index (Phi) is 5.69. The van der Waals surface area contributed by atoms with E-state index < -0.39 is 0 Å². The molecule has 0 saturated carbocycles. The van der Waals surface area contributed by atoms with Crippen LogP contribution in [0.25, 0.3) is 11.0 Å². The van der Waals surface area contributed by atoms with Crippen molar-refractivity contribution >= 4 is 28.5 Å². The maximum Gasteiger partial charge on any atom is 0.287 e. The van der Waals surface area contributed by atoms with Crippen LogP contribution < -0.4 is 5.32 Å². The second-order valence-electron chi connectivity index (χ2n) is 6.77. The average molecular weight is 410 g/mol. The summed E-state index contributed by atoms with van der Waals surface area (Å²) >= 11 is 6.04. The zero-order valence-electron chi connectivity index (χ0n) is 15.9. The van der Waals surface area contributed by atoms with Gasteiger partial charge in [-0.25, -0.2) is 0 Å². The smallest absolute Gasteiger partial charge is 0.287 e. The van der Waals surface area contributed by atoms with E-state index in [0.29, 0.717) is 36.1 Å². The van der Waals surface area contributed by atoms with Crippen molar-refractivity contribution in [3.05, 3.63) is 94.1 Å². The van der Waals surface area contributed by atoms with Gasteiger partial charge in [0.05, 0.1) is 12.9 Å². The van der Waals surface area contributed by atoms with Gasteiger partial charge in [0.1, 0.15) is 18.0 Å². The van der Waals surface area contributed by atoms with Crippen LogP contribution >= 0.6 is 11.6 Å². The van der Waals surface area contributed by atoms with E-state index in [2.05, 4.69) is 5.32 Å². The molecular formula is C23H20ClNO4. The summed E-state index contributed by atoms with van der Waals surface area (Å²) in [6.07, 6.45) is 1.63. The summed E-state index contributed by atoms with van der Waals surface area (Å²) in [6.45, 7) is 3.13. The van der Waals surface area contributed by atoms with Crippen molar-refractivity contribution in [2.75, 3.05) is 0 Å². The van der Waals surface area contributed by atoms with Gasteiger partial charge in [0.25, 0.3) is 5.91 Å². The Morgan fingerprint density at radius 3 is 2.76 bits per heavy atom. The third kappa shape index (κ3) is 4.53. The maximum absolute atomic E-state index is 12.6. The molecule has 0 bridgehead atoms. The van der Waals surface area contributed by atoms with Crippen LogP contribution in [0.4, 0.5) is 0 Å². The number of hydrogen-bond acceptors (Lipinski definition) is 4. The standard InChI is InChI=1S/C23H20ClNO4/c1-15-20-11-18(24)7-8-21(20)29-22(15)23(26)25-12-16-4-2-5-17(10-16)13-27-14-19-6-3-9-28-19/h2-11H,12-14H2,1H3,(H,25,26). The molecule has 0 aliphatic heterocycles. The topological polar surface area (TPSA) is 64.6 Å². The molecule has 29 heavy (non-hydrogen) atoms. The predicted octanol–water partition coefficient (Wildman–Crippen LogP) is 5.63. The number of furan rings is 2. The number of amides is 1. The van der Waals surface area contributed by atoms with Gasteiger partial charge < -0.3 is 18.9 Å². The molecule has 0 unspecified atom stereocenters. The predicted molar refractivity (Wildman–Crippen MR) is 111 cm³/mol. The lowest BCUT2D eigenvalue weighted by atomic mass is 10.1. The Labute approximate surface area is 173 Å². The summed E-state index contributed by atoms with van der Waals surface area (Å²) in [4.78, 5) is 12.6. The highest BCUT2D eigenvalue weighted by molar-refractivity contribution is 6.31. The number of ether oxygens (including phenoxy) is 1. The Hall–Kier alpha value is -3.02. The molecule has 4 rings (SSSR count). The molecule has 148 valence electrons. The number of carbonyl (C=O) groups excluding carboxylic acids is 1. The number of nitrogens with one attached hydrogen (secondary N) is 1. The highest BCUT2D eigenvalue weighted by Crippen LogP contribution is 2.27. The number of benzene rings is 2. The Morgan fingerprint density at radius 1 is 1.07 bits per heavy atom. The van der Waals surface area contributed by atoms with Gasteiger partial charge in [-0.3, -0.25) is 4.79 Å². The van der Waals surface area contributed by atoms with E-state index >= 15 is 0 Å². The largest absolute Gasteiger partial charge is 0.467 e. The second-order valence-corrected chi connectivity index (χ2v) is 7.21. The number of halogens is 1. The molecule has 0 radical (unpaired) electrons. The molecule has 4 aromatic rings. The van der Waals surface area contributed by atoms with Gasteiger partial charge in [-0.15, -0.1) is 0 Å². The molecular weight excluding hydrogens is 390 g/mol. The molecule has 1 amide bonds. The molecule has 2 heterocycles. The first-order valence-electron chi connectivity index (χ1n) is 9.25. The zero-order chi connectivity index (χ0) is 20.2. The minimum Gasteiger partial charge on any atom is -0.467 e. The Morgan fingerprint density at radius 2 is 1.93 bits per heavy atom. The maximum atomic E-state index is 12.6. The van der Waals surface area contributed by atoms with Gasteiger partial charge in [0, 0.05) is 22.5 Å². The first-order chi connectivity index (χ1) is 14.1. The fraction of sp³-hybridized carbons (Fsp3) is 0.174. The molecule has 5 nitrogen and oxygen atoms in total. The molecule has 2 aromatic heterocycles. The lowest BCUT2D eigenvalue weighted by molar-refractivity contribution is 0.0922. The van der Waals surface area contributed by atoms with Gasteiger partial charge in [-0.2, -0.15) is 0 Å². The first kappa shape index (κ1) is 19.3. The van der Waals surface area contributed by atoms with Crippen LogP contribution in [0.2, 0.25) is 5.02 Å². The number of fused-ring (bicyclic) bond motifs is 1. The Balaban J connectivity index is 1.37. The van der Waals surface area contributed by atoms with Crippen molar-refractivity contribution < 1.29 is 18.4 Å². The number of hydrogen-bond donors (Lipinski definition) is 1. The van der Waals surface area contributed by atoms with Gasteiger partial charge in [-0.05, 0) is 48.4 Å². The van der Waals surface area contributed by atoms with Crippen LogP contribution in [-0.4, -0.2) is 5.91 Å². The van der Waals surface area contributed by atoms with Crippen molar-refractivity contribution in [2.45, 2.75) is 26.7 Å². The van der Waals surface area contributed by atoms with E-state index in [4.69, 9.17) is 25.2 Å². The Bertz CT molecular complexity index is 1130. The summed E-state index contributed by atoms with van der Waals surface area (Å²) < 4.78 is 16.6. The third-order valence-corrected chi connectivity index (χ3v) is 4.88. The molecule has 0 aliphatic carbocycles. The van der Waals surface area contributed by atoms with Gasteiger partial charge >= 0.3 is 0 Å². The van der Waals surface area contributed by atoms with E-state index in [1.807, 2.05) is 43.3 Å². The highest BCUT2D eigenvalue weighted by atomic mass is 35.5. The quantitative estimate of drug-likeness (QED) is 0.429. The van der Waals surface area contributed by atoms with Gasteiger partial charge in [-0.1, -0.05) is 35.9 Å². The molecule has 0 atom stereocenters. The normalized spacial score (nSPS) is 11.1. The van der Waals surface area contributed by atoms with E-state index in [1.54, 1.807) is 24.5 Å². The van der Waals surface area contributed by atoms with E-state index in [9.17, 15) is 4.79 Å². The molecule has 2 aromatic carbocycles. The van der Waals surface area contributed by atoms with Gasteiger partial charge in [0.2, 0.25) is 0 Å².